The summed E-state index contributed by atoms with van der Waals surface area (Å²) in [6.07, 6.45) is 26.1. The Balaban J connectivity index is 1.69. The Kier molecular flexibility index (Phi) is 15.6. The summed E-state index contributed by atoms with van der Waals surface area (Å²) in [6.45, 7) is 3.13. The van der Waals surface area contributed by atoms with E-state index in [0.29, 0.717) is 0 Å². The Bertz CT molecular complexity index is 366. The molecule has 0 aliphatic heterocycles. The zero-order valence-electron chi connectivity index (χ0n) is 16.7. The van der Waals surface area contributed by atoms with Crippen LogP contribution in [0.3, 0.4) is 0 Å². The van der Waals surface area contributed by atoms with Gasteiger partial charge in [-0.15, -0.1) is 0 Å². The van der Waals surface area contributed by atoms with Gasteiger partial charge in [-0.25, -0.2) is 0 Å². The van der Waals surface area contributed by atoms with Crippen LogP contribution in [0.25, 0.3) is 0 Å². The number of aromatic nitrogens is 1. The highest BCUT2D eigenvalue weighted by Gasteiger charge is 1.95. The predicted octanol–water partition coefficient (Wildman–Crippen LogP) is 7.72. The first kappa shape index (κ1) is 22.0. The molecular formula is C23H41NO. The quantitative estimate of drug-likeness (QED) is 0.253. The zero-order chi connectivity index (χ0) is 17.8. The van der Waals surface area contributed by atoms with Crippen LogP contribution < -0.4 is 4.74 Å². The van der Waals surface area contributed by atoms with E-state index in [9.17, 15) is 0 Å². The van der Waals surface area contributed by atoms with E-state index in [1.807, 2.05) is 12.1 Å². The van der Waals surface area contributed by atoms with E-state index < -0.39 is 0 Å². The second-order valence-electron chi connectivity index (χ2n) is 7.33. The van der Waals surface area contributed by atoms with Crippen LogP contribution in [-0.2, 0) is 0 Å². The standard InChI is InChI=1S/C23H41NO/c1-2-3-4-5-6-7-8-9-10-11-12-13-14-15-16-17-22-25-23-18-20-24-21-19-23/h18-21H,2-17,22H2,1H3. The van der Waals surface area contributed by atoms with Gasteiger partial charge in [-0.2, -0.15) is 0 Å². The lowest BCUT2D eigenvalue weighted by atomic mass is 10.0. The molecule has 2 nitrogen and oxygen atoms in total. The number of hydrogen-bond acceptors (Lipinski definition) is 2. The Morgan fingerprint density at radius 1 is 0.600 bits per heavy atom. The number of rotatable bonds is 18. The summed E-state index contributed by atoms with van der Waals surface area (Å²) < 4.78 is 5.69. The fraction of sp³-hybridized carbons (Fsp3) is 0.783. The van der Waals surface area contributed by atoms with Crippen molar-refractivity contribution in [2.45, 2.75) is 110 Å². The molecule has 0 aliphatic carbocycles. The molecule has 1 rings (SSSR count). The van der Waals surface area contributed by atoms with E-state index in [1.54, 1.807) is 12.4 Å². The van der Waals surface area contributed by atoms with Gasteiger partial charge in [0, 0.05) is 12.4 Å². The van der Waals surface area contributed by atoms with Crippen molar-refractivity contribution < 1.29 is 4.74 Å². The van der Waals surface area contributed by atoms with Gasteiger partial charge in [-0.3, -0.25) is 4.98 Å². The summed E-state index contributed by atoms with van der Waals surface area (Å²) in [6, 6.07) is 3.85. The van der Waals surface area contributed by atoms with E-state index in [0.717, 1.165) is 12.4 Å². The number of ether oxygens (including phenoxy) is 1. The minimum atomic E-state index is 0.836. The SMILES string of the molecule is CCCCCCCCCCCCCCCCCCOc1ccncc1. The first-order chi connectivity index (χ1) is 12.4. The van der Waals surface area contributed by atoms with E-state index >= 15 is 0 Å². The molecule has 0 spiro atoms. The molecule has 0 atom stereocenters. The van der Waals surface area contributed by atoms with Crippen molar-refractivity contribution in [3.63, 3.8) is 0 Å². The van der Waals surface area contributed by atoms with Crippen LogP contribution in [0.5, 0.6) is 5.75 Å². The first-order valence-electron chi connectivity index (χ1n) is 11.0. The smallest absolute Gasteiger partial charge is 0.122 e. The Hall–Kier alpha value is -1.05. The van der Waals surface area contributed by atoms with Crippen LogP contribution in [0.4, 0.5) is 0 Å². The zero-order valence-corrected chi connectivity index (χ0v) is 16.7. The van der Waals surface area contributed by atoms with Crippen LogP contribution in [0.2, 0.25) is 0 Å². The molecule has 0 unspecified atom stereocenters. The van der Waals surface area contributed by atoms with E-state index in [4.69, 9.17) is 4.74 Å². The average Bonchev–Trinajstić information content (AvgIpc) is 2.65. The van der Waals surface area contributed by atoms with Gasteiger partial charge in [0.1, 0.15) is 5.75 Å². The summed E-state index contributed by atoms with van der Waals surface area (Å²) in [5.41, 5.74) is 0. The fourth-order valence-electron chi connectivity index (χ4n) is 3.27. The maximum absolute atomic E-state index is 5.69. The molecule has 1 aromatic heterocycles. The van der Waals surface area contributed by atoms with Crippen molar-refractivity contribution in [2.24, 2.45) is 0 Å². The summed E-state index contributed by atoms with van der Waals surface area (Å²) in [5, 5.41) is 0. The molecule has 0 N–H and O–H groups in total. The third-order valence-corrected chi connectivity index (χ3v) is 4.92. The molecule has 0 aliphatic rings. The van der Waals surface area contributed by atoms with Crippen molar-refractivity contribution in [1.82, 2.24) is 4.98 Å². The molecule has 1 heterocycles. The summed E-state index contributed by atoms with van der Waals surface area (Å²) >= 11 is 0. The normalized spacial score (nSPS) is 10.9. The fourth-order valence-corrected chi connectivity index (χ4v) is 3.27. The average molecular weight is 348 g/mol. The van der Waals surface area contributed by atoms with Gasteiger partial charge < -0.3 is 4.74 Å². The van der Waals surface area contributed by atoms with Crippen molar-refractivity contribution in [1.29, 1.82) is 0 Å². The maximum Gasteiger partial charge on any atom is 0.122 e. The van der Waals surface area contributed by atoms with Crippen molar-refractivity contribution in [2.75, 3.05) is 6.61 Å². The number of unbranched alkanes of at least 4 members (excludes halogenated alkanes) is 15. The summed E-state index contributed by atoms with van der Waals surface area (Å²) in [5.74, 6) is 0.941. The van der Waals surface area contributed by atoms with E-state index in [2.05, 4.69) is 11.9 Å². The lowest BCUT2D eigenvalue weighted by Gasteiger charge is -2.05. The number of hydrogen-bond donors (Lipinski definition) is 0. The summed E-state index contributed by atoms with van der Waals surface area (Å²) in [7, 11) is 0. The minimum Gasteiger partial charge on any atom is -0.493 e. The molecule has 0 radical (unpaired) electrons. The first-order valence-corrected chi connectivity index (χ1v) is 11.0. The molecule has 0 aromatic carbocycles. The molecule has 2 heteroatoms. The second kappa shape index (κ2) is 17.8. The lowest BCUT2D eigenvalue weighted by molar-refractivity contribution is 0.304. The van der Waals surface area contributed by atoms with Crippen molar-refractivity contribution in [3.05, 3.63) is 24.5 Å². The molecule has 0 bridgehead atoms. The highest BCUT2D eigenvalue weighted by Crippen LogP contribution is 2.14. The van der Waals surface area contributed by atoms with Gasteiger partial charge in [0.2, 0.25) is 0 Å². The van der Waals surface area contributed by atoms with Gasteiger partial charge >= 0.3 is 0 Å². The molecule has 0 saturated heterocycles. The molecule has 0 amide bonds. The number of nitrogens with zero attached hydrogens (tertiary/aromatic N) is 1. The van der Waals surface area contributed by atoms with Crippen LogP contribution in [0.15, 0.2) is 24.5 Å². The third-order valence-electron chi connectivity index (χ3n) is 4.92. The molecule has 0 fully saturated rings. The van der Waals surface area contributed by atoms with Gasteiger partial charge in [0.05, 0.1) is 6.61 Å². The van der Waals surface area contributed by atoms with Gasteiger partial charge in [-0.05, 0) is 18.6 Å². The van der Waals surface area contributed by atoms with Crippen molar-refractivity contribution in [3.8, 4) is 5.75 Å². The van der Waals surface area contributed by atoms with Crippen molar-refractivity contribution >= 4 is 0 Å². The molecule has 25 heavy (non-hydrogen) atoms. The van der Waals surface area contributed by atoms with Gasteiger partial charge in [-0.1, -0.05) is 103 Å². The van der Waals surface area contributed by atoms with Crippen LogP contribution in [0, 0.1) is 0 Å². The highest BCUT2D eigenvalue weighted by atomic mass is 16.5. The lowest BCUT2D eigenvalue weighted by Crippen LogP contribution is -1.97. The molecular weight excluding hydrogens is 306 g/mol. The highest BCUT2D eigenvalue weighted by molar-refractivity contribution is 5.16. The molecule has 1 aromatic rings. The Morgan fingerprint density at radius 2 is 1.00 bits per heavy atom. The third kappa shape index (κ3) is 15.0. The predicted molar refractivity (Wildman–Crippen MR) is 109 cm³/mol. The minimum absolute atomic E-state index is 0.836. The van der Waals surface area contributed by atoms with Gasteiger partial charge in [0.15, 0.2) is 0 Å². The Labute approximate surface area is 156 Å². The Morgan fingerprint density at radius 3 is 1.44 bits per heavy atom. The summed E-state index contributed by atoms with van der Waals surface area (Å²) in [4.78, 5) is 3.99. The second-order valence-corrected chi connectivity index (χ2v) is 7.33. The largest absolute Gasteiger partial charge is 0.493 e. The van der Waals surface area contributed by atoms with Crippen LogP contribution in [0.1, 0.15) is 110 Å². The van der Waals surface area contributed by atoms with E-state index in [1.165, 1.54) is 103 Å². The van der Waals surface area contributed by atoms with E-state index in [-0.39, 0.29) is 0 Å². The topological polar surface area (TPSA) is 22.1 Å². The van der Waals surface area contributed by atoms with Crippen LogP contribution in [-0.4, -0.2) is 11.6 Å². The van der Waals surface area contributed by atoms with Crippen LogP contribution >= 0.6 is 0 Å². The van der Waals surface area contributed by atoms with Gasteiger partial charge in [0.25, 0.3) is 0 Å². The monoisotopic (exact) mass is 347 g/mol. The molecule has 0 saturated carbocycles. The maximum atomic E-state index is 5.69. The molecule has 144 valence electrons. The number of pyridine rings is 1.